The molecule has 0 saturated carbocycles. The van der Waals surface area contributed by atoms with Crippen LogP contribution in [0.3, 0.4) is 0 Å². The lowest BCUT2D eigenvalue weighted by Gasteiger charge is -2.06. The molecule has 0 aliphatic rings. The van der Waals surface area contributed by atoms with Crippen LogP contribution in [0.1, 0.15) is 16.7 Å². The van der Waals surface area contributed by atoms with Crippen LogP contribution in [0, 0.1) is 29.6 Å². The Morgan fingerprint density at radius 3 is 2.71 bits per heavy atom. The third-order valence-electron chi connectivity index (χ3n) is 3.20. The monoisotopic (exact) mass is 292 g/mol. The minimum absolute atomic E-state index is 0.174. The molecule has 0 amide bonds. The second kappa shape index (κ2) is 4.86. The number of nitriles is 2. The highest BCUT2D eigenvalue weighted by Crippen LogP contribution is 2.20. The predicted octanol–water partition coefficient (Wildman–Crippen LogP) is 2.50. The Bertz CT molecular complexity index is 1000. The number of benzene rings is 1. The number of fused-ring (bicyclic) bond motifs is 1. The summed E-state index contributed by atoms with van der Waals surface area (Å²) in [7, 11) is 0. The summed E-state index contributed by atoms with van der Waals surface area (Å²) < 4.78 is 1.39. The van der Waals surface area contributed by atoms with Crippen molar-refractivity contribution in [3.05, 3.63) is 57.0 Å². The smallest absolute Gasteiger partial charge is 0.266 e. The number of thiophene rings is 1. The molecule has 0 saturated heterocycles. The zero-order valence-corrected chi connectivity index (χ0v) is 11.8. The maximum Gasteiger partial charge on any atom is 0.266 e. The zero-order chi connectivity index (χ0) is 15.0. The Kier molecular flexibility index (Phi) is 3.02. The van der Waals surface area contributed by atoms with Crippen LogP contribution in [0.15, 0.2) is 34.7 Å². The molecule has 1 aromatic carbocycles. The molecule has 0 bridgehead atoms. The third-order valence-corrected chi connectivity index (χ3v) is 4.21. The summed E-state index contributed by atoms with van der Waals surface area (Å²) in [6.07, 6.45) is 1.45. The zero-order valence-electron chi connectivity index (χ0n) is 11.0. The van der Waals surface area contributed by atoms with Gasteiger partial charge < -0.3 is 0 Å². The first-order valence-electron chi connectivity index (χ1n) is 6.06. The van der Waals surface area contributed by atoms with E-state index in [1.807, 2.05) is 24.4 Å². The molecule has 3 aromatic rings. The first kappa shape index (κ1) is 13.0. The Morgan fingerprint density at radius 1 is 1.24 bits per heavy atom. The van der Waals surface area contributed by atoms with Crippen LogP contribution in [0.5, 0.6) is 0 Å². The largest absolute Gasteiger partial charge is 0.268 e. The van der Waals surface area contributed by atoms with Gasteiger partial charge in [0.1, 0.15) is 23.3 Å². The summed E-state index contributed by atoms with van der Waals surface area (Å²) in [5, 5.41) is 20.5. The van der Waals surface area contributed by atoms with Crippen LogP contribution in [-0.4, -0.2) is 9.55 Å². The van der Waals surface area contributed by atoms with Crippen LogP contribution in [0.2, 0.25) is 0 Å². The summed E-state index contributed by atoms with van der Waals surface area (Å²) in [4.78, 5) is 17.5. The molecule has 0 aliphatic heterocycles. The normalized spacial score (nSPS) is 10.2. The average Bonchev–Trinajstić information content (AvgIpc) is 2.89. The minimum Gasteiger partial charge on any atom is -0.268 e. The minimum atomic E-state index is -0.174. The molecule has 6 heteroatoms. The number of nitrogens with zero attached hydrogens (tertiary/aromatic N) is 4. The maximum absolute atomic E-state index is 12.5. The fraction of sp³-hybridized carbons (Fsp3) is 0.0667. The van der Waals surface area contributed by atoms with E-state index >= 15 is 0 Å². The van der Waals surface area contributed by atoms with Gasteiger partial charge in [0.15, 0.2) is 0 Å². The van der Waals surface area contributed by atoms with Crippen LogP contribution in [-0.2, 0) is 0 Å². The number of aromatic nitrogens is 2. The lowest BCUT2D eigenvalue weighted by molar-refractivity contribution is 0.964. The molecular weight excluding hydrogens is 284 g/mol. The van der Waals surface area contributed by atoms with Crippen LogP contribution >= 0.6 is 11.3 Å². The van der Waals surface area contributed by atoms with Gasteiger partial charge in [0.25, 0.3) is 5.56 Å². The molecule has 100 valence electrons. The molecule has 0 N–H and O–H groups in total. The van der Waals surface area contributed by atoms with E-state index in [1.54, 1.807) is 6.07 Å². The van der Waals surface area contributed by atoms with E-state index in [2.05, 4.69) is 4.98 Å². The second-order valence-electron chi connectivity index (χ2n) is 4.47. The van der Waals surface area contributed by atoms with Crippen LogP contribution < -0.4 is 5.56 Å². The van der Waals surface area contributed by atoms with Gasteiger partial charge in [-0.1, -0.05) is 0 Å². The van der Waals surface area contributed by atoms with Gasteiger partial charge in [-0.3, -0.25) is 9.36 Å². The van der Waals surface area contributed by atoms with Crippen molar-refractivity contribution in [1.82, 2.24) is 9.55 Å². The number of hydrogen-bond donors (Lipinski definition) is 0. The van der Waals surface area contributed by atoms with Crippen LogP contribution in [0.4, 0.5) is 0 Å². The Labute approximate surface area is 124 Å². The molecule has 5 nitrogen and oxygen atoms in total. The average molecular weight is 292 g/mol. The van der Waals surface area contributed by atoms with Crippen molar-refractivity contribution in [2.24, 2.45) is 0 Å². The quantitative estimate of drug-likeness (QED) is 0.690. The van der Waals surface area contributed by atoms with E-state index in [9.17, 15) is 4.79 Å². The summed E-state index contributed by atoms with van der Waals surface area (Å²) in [5.74, 6) is 0. The van der Waals surface area contributed by atoms with Gasteiger partial charge in [0, 0.05) is 0 Å². The van der Waals surface area contributed by atoms with Gasteiger partial charge in [-0.15, -0.1) is 11.3 Å². The molecule has 0 aliphatic carbocycles. The van der Waals surface area contributed by atoms with Crippen molar-refractivity contribution in [2.75, 3.05) is 0 Å². The van der Waals surface area contributed by atoms with E-state index in [-0.39, 0.29) is 16.7 Å². The number of rotatable bonds is 1. The summed E-state index contributed by atoms with van der Waals surface area (Å²) in [6, 6.07) is 8.60. The Hall–Kier alpha value is -2.96. The van der Waals surface area contributed by atoms with Crippen LogP contribution in [0.25, 0.3) is 15.9 Å². The molecule has 2 heterocycles. The van der Waals surface area contributed by atoms with Crippen molar-refractivity contribution in [3.8, 4) is 17.8 Å². The summed E-state index contributed by atoms with van der Waals surface area (Å²) >= 11 is 1.43. The highest BCUT2D eigenvalue weighted by Gasteiger charge is 2.11. The highest BCUT2D eigenvalue weighted by atomic mass is 32.1. The van der Waals surface area contributed by atoms with E-state index < -0.39 is 0 Å². The van der Waals surface area contributed by atoms with Crippen molar-refractivity contribution >= 4 is 21.6 Å². The maximum atomic E-state index is 12.5. The molecule has 0 spiro atoms. The first-order valence-corrected chi connectivity index (χ1v) is 6.93. The van der Waals surface area contributed by atoms with Gasteiger partial charge in [-0.2, -0.15) is 10.5 Å². The van der Waals surface area contributed by atoms with Crippen molar-refractivity contribution < 1.29 is 0 Å². The lowest BCUT2D eigenvalue weighted by Crippen LogP contribution is -2.18. The first-order chi connectivity index (χ1) is 10.2. The van der Waals surface area contributed by atoms with Crippen molar-refractivity contribution in [2.45, 2.75) is 6.92 Å². The summed E-state index contributed by atoms with van der Waals surface area (Å²) in [5.41, 5.74) is 1.76. The molecule has 0 unspecified atom stereocenters. The van der Waals surface area contributed by atoms with Gasteiger partial charge in [-0.05, 0) is 36.1 Å². The Morgan fingerprint density at radius 2 is 2.00 bits per heavy atom. The third kappa shape index (κ3) is 1.99. The van der Waals surface area contributed by atoms with Gasteiger partial charge in [-0.25, -0.2) is 4.98 Å². The second-order valence-corrected chi connectivity index (χ2v) is 5.33. The fourth-order valence-electron chi connectivity index (χ4n) is 2.12. The SMILES string of the molecule is Cc1csc2ncn(-c3ccc(C#N)c(C#N)c3)c(=O)c12. The van der Waals surface area contributed by atoms with Crippen molar-refractivity contribution in [1.29, 1.82) is 10.5 Å². The molecule has 21 heavy (non-hydrogen) atoms. The van der Waals surface area contributed by atoms with E-state index in [1.165, 1.54) is 34.4 Å². The lowest BCUT2D eigenvalue weighted by atomic mass is 10.1. The molecular formula is C15H8N4OS. The highest BCUT2D eigenvalue weighted by molar-refractivity contribution is 7.16. The Balaban J connectivity index is 2.29. The topological polar surface area (TPSA) is 82.5 Å². The van der Waals surface area contributed by atoms with E-state index in [0.717, 1.165) is 5.56 Å². The van der Waals surface area contributed by atoms with E-state index in [4.69, 9.17) is 10.5 Å². The number of hydrogen-bond acceptors (Lipinski definition) is 5. The molecule has 0 atom stereocenters. The molecule has 0 fully saturated rings. The van der Waals surface area contributed by atoms with Gasteiger partial charge in [0.2, 0.25) is 0 Å². The van der Waals surface area contributed by atoms with E-state index in [0.29, 0.717) is 15.9 Å². The predicted molar refractivity (Wildman–Crippen MR) is 79.4 cm³/mol. The number of aryl methyl sites for hydroxylation is 1. The molecule has 2 aromatic heterocycles. The fourth-order valence-corrected chi connectivity index (χ4v) is 3.01. The summed E-state index contributed by atoms with van der Waals surface area (Å²) in [6.45, 7) is 1.87. The standard InChI is InChI=1S/C15H8N4OS/c1-9-7-21-14-13(9)15(20)19(8-18-14)12-3-2-10(5-16)11(4-12)6-17/h2-4,7-8H,1H3. The molecule has 0 radical (unpaired) electrons. The van der Waals surface area contributed by atoms with Gasteiger partial charge >= 0.3 is 0 Å². The van der Waals surface area contributed by atoms with Gasteiger partial charge in [0.05, 0.1) is 22.2 Å². The molecule has 3 rings (SSSR count). The van der Waals surface area contributed by atoms with Crippen molar-refractivity contribution in [3.63, 3.8) is 0 Å².